The van der Waals surface area contributed by atoms with Crippen molar-refractivity contribution in [1.29, 1.82) is 0 Å². The van der Waals surface area contributed by atoms with Gasteiger partial charge in [-0.15, -0.1) is 0 Å². The number of rotatable bonds is 82. The fourth-order valence-electron chi connectivity index (χ4n) is 12.8. The predicted octanol–water partition coefficient (Wildman–Crippen LogP) is 25.1. The fraction of sp³-hybridized carbons (Fsp3) is 0.952. The highest BCUT2D eigenvalue weighted by atomic mass is 31.2. The van der Waals surface area contributed by atoms with Crippen LogP contribution in [0.15, 0.2) is 0 Å². The lowest BCUT2D eigenvalue weighted by Gasteiger charge is -2.21. The fourth-order valence-corrected chi connectivity index (χ4v) is 14.4. The second-order valence-corrected chi connectivity index (χ2v) is 33.3. The summed E-state index contributed by atoms with van der Waals surface area (Å²) in [5.74, 6) is -0.467. The van der Waals surface area contributed by atoms with Gasteiger partial charge in [-0.25, -0.2) is 9.13 Å². The minimum Gasteiger partial charge on any atom is -0.462 e. The monoisotopic (exact) mass is 1490 g/mol. The minimum absolute atomic E-state index is 0.105. The molecule has 17 nitrogen and oxygen atoms in total. The van der Waals surface area contributed by atoms with Gasteiger partial charge in [0, 0.05) is 25.7 Å². The van der Waals surface area contributed by atoms with Crippen LogP contribution in [0.25, 0.3) is 0 Å². The van der Waals surface area contributed by atoms with Gasteiger partial charge in [-0.3, -0.25) is 37.3 Å². The van der Waals surface area contributed by atoms with E-state index in [-0.39, 0.29) is 25.7 Å². The molecule has 0 aromatic rings. The highest BCUT2D eigenvalue weighted by Gasteiger charge is 2.30. The lowest BCUT2D eigenvalue weighted by Crippen LogP contribution is -2.30. The van der Waals surface area contributed by atoms with Crippen LogP contribution in [0.4, 0.5) is 0 Å². The lowest BCUT2D eigenvalue weighted by molar-refractivity contribution is -0.161. The normalized spacial score (nSPS) is 14.4. The number of aliphatic hydroxyl groups is 1. The molecule has 0 rings (SSSR count). The summed E-state index contributed by atoms with van der Waals surface area (Å²) in [7, 11) is -9.92. The third-order valence-corrected chi connectivity index (χ3v) is 22.1. The van der Waals surface area contributed by atoms with Gasteiger partial charge in [-0.1, -0.05) is 388 Å². The zero-order chi connectivity index (χ0) is 74.9. The van der Waals surface area contributed by atoms with E-state index in [4.69, 9.17) is 37.0 Å². The first kappa shape index (κ1) is 100. The van der Waals surface area contributed by atoms with Gasteiger partial charge in [0.2, 0.25) is 0 Å². The van der Waals surface area contributed by atoms with E-state index in [9.17, 15) is 43.2 Å². The van der Waals surface area contributed by atoms with E-state index in [0.717, 1.165) is 102 Å². The number of phosphoric acid groups is 2. The lowest BCUT2D eigenvalue weighted by atomic mass is 9.99. The standard InChI is InChI=1S/C83H162O17P2/c1-7-11-13-15-17-19-21-22-23-24-28-31-34-37-41-48-54-60-66-81(86)94-71-78(99-82(87)67-61-55-49-42-38-35-32-29-26-25-27-30-33-36-39-45-51-57-63-75(5)9-3)73-97-101(89,90)95-69-77(84)70-96-102(91,92)98-74-79(72-93-80(85)65-59-53-47-40-20-18-16-14-12-8-2)100-83(88)68-62-56-50-44-43-46-52-58-64-76(6)10-4/h75-79,84H,7-74H2,1-6H3,(H,89,90)(H,91,92)/t75?,76?,77-,78-,79-/m1/s1. The molecule has 0 fully saturated rings. The summed E-state index contributed by atoms with van der Waals surface area (Å²) in [5, 5.41) is 10.6. The van der Waals surface area contributed by atoms with Crippen LogP contribution in [-0.4, -0.2) is 96.7 Å². The Morgan fingerprint density at radius 2 is 0.471 bits per heavy atom. The quantitative estimate of drug-likeness (QED) is 0.0222. The molecule has 0 saturated heterocycles. The molecule has 0 aromatic heterocycles. The molecule has 606 valence electrons. The molecule has 7 atom stereocenters. The van der Waals surface area contributed by atoms with Gasteiger partial charge in [0.1, 0.15) is 19.3 Å². The van der Waals surface area contributed by atoms with Gasteiger partial charge in [0.05, 0.1) is 26.4 Å². The van der Waals surface area contributed by atoms with E-state index < -0.39 is 97.5 Å². The third kappa shape index (κ3) is 73.6. The molecular weight excluding hydrogens is 1330 g/mol. The van der Waals surface area contributed by atoms with Crippen LogP contribution in [0.2, 0.25) is 0 Å². The summed E-state index contributed by atoms with van der Waals surface area (Å²) in [4.78, 5) is 73.0. The Balaban J connectivity index is 5.21. The van der Waals surface area contributed by atoms with Gasteiger partial charge in [0.25, 0.3) is 0 Å². The maximum absolute atomic E-state index is 13.1. The summed E-state index contributed by atoms with van der Waals surface area (Å²) >= 11 is 0. The molecule has 19 heteroatoms. The highest BCUT2D eigenvalue weighted by molar-refractivity contribution is 7.47. The van der Waals surface area contributed by atoms with Crippen molar-refractivity contribution in [3.63, 3.8) is 0 Å². The maximum atomic E-state index is 13.1. The van der Waals surface area contributed by atoms with E-state index in [1.165, 1.54) is 257 Å². The zero-order valence-electron chi connectivity index (χ0n) is 66.9. The maximum Gasteiger partial charge on any atom is 0.472 e. The average Bonchev–Trinajstić information content (AvgIpc) is 0.926. The smallest absolute Gasteiger partial charge is 0.462 e. The van der Waals surface area contributed by atoms with Crippen LogP contribution in [0.1, 0.15) is 440 Å². The second kappa shape index (κ2) is 74.5. The molecule has 4 unspecified atom stereocenters. The van der Waals surface area contributed by atoms with E-state index in [1.54, 1.807) is 0 Å². The Hall–Kier alpha value is -1.94. The Morgan fingerprint density at radius 1 is 0.275 bits per heavy atom. The molecule has 0 heterocycles. The number of esters is 4. The van der Waals surface area contributed by atoms with Crippen molar-refractivity contribution in [2.45, 2.75) is 458 Å². The predicted molar refractivity (Wildman–Crippen MR) is 418 cm³/mol. The Kier molecular flexibility index (Phi) is 73.1. The average molecular weight is 1490 g/mol. The summed E-state index contributed by atoms with van der Waals surface area (Å²) < 4.78 is 68.7. The van der Waals surface area contributed by atoms with Crippen molar-refractivity contribution in [2.75, 3.05) is 39.6 Å². The molecule has 0 amide bonds. The van der Waals surface area contributed by atoms with Crippen molar-refractivity contribution >= 4 is 39.5 Å². The largest absolute Gasteiger partial charge is 0.472 e. The Labute approximate surface area is 626 Å². The number of aliphatic hydroxyl groups excluding tert-OH is 1. The van der Waals surface area contributed by atoms with Crippen molar-refractivity contribution in [3.8, 4) is 0 Å². The van der Waals surface area contributed by atoms with Crippen LogP contribution in [0.3, 0.4) is 0 Å². The van der Waals surface area contributed by atoms with Crippen LogP contribution in [-0.2, 0) is 65.4 Å². The molecule has 102 heavy (non-hydrogen) atoms. The summed E-state index contributed by atoms with van der Waals surface area (Å²) in [6, 6.07) is 0. The summed E-state index contributed by atoms with van der Waals surface area (Å²) in [6.45, 7) is 9.70. The zero-order valence-corrected chi connectivity index (χ0v) is 68.7. The van der Waals surface area contributed by atoms with Gasteiger partial charge in [-0.05, 0) is 37.5 Å². The Bertz CT molecular complexity index is 1960. The van der Waals surface area contributed by atoms with Crippen LogP contribution in [0, 0.1) is 11.8 Å². The molecule has 0 radical (unpaired) electrons. The van der Waals surface area contributed by atoms with Gasteiger partial charge >= 0.3 is 39.5 Å². The molecular formula is C83H162O17P2. The van der Waals surface area contributed by atoms with Crippen molar-refractivity contribution in [3.05, 3.63) is 0 Å². The number of hydrogen-bond acceptors (Lipinski definition) is 15. The van der Waals surface area contributed by atoms with E-state index in [0.29, 0.717) is 25.7 Å². The SMILES string of the molecule is CCCCCCCCCCCCCCCCCCCCC(=O)OC[C@H](COP(=O)(O)OC[C@@H](O)COP(=O)(O)OC[C@@H](COC(=O)CCCCCCCCCCCC)OC(=O)CCCCCCCCCCC(C)CC)OC(=O)CCCCCCCCCCCCCCCCCCCCC(C)CC. The van der Waals surface area contributed by atoms with Crippen molar-refractivity contribution < 1.29 is 80.2 Å². The number of ether oxygens (including phenoxy) is 4. The second-order valence-electron chi connectivity index (χ2n) is 30.4. The van der Waals surface area contributed by atoms with Gasteiger partial charge in [0.15, 0.2) is 12.2 Å². The van der Waals surface area contributed by atoms with E-state index in [2.05, 4.69) is 41.5 Å². The summed E-state index contributed by atoms with van der Waals surface area (Å²) in [6.07, 6.45) is 65.2. The number of phosphoric ester groups is 2. The molecule has 0 spiro atoms. The third-order valence-electron chi connectivity index (χ3n) is 20.2. The number of hydrogen-bond donors (Lipinski definition) is 3. The van der Waals surface area contributed by atoms with Crippen LogP contribution in [0.5, 0.6) is 0 Å². The van der Waals surface area contributed by atoms with Crippen molar-refractivity contribution in [1.82, 2.24) is 0 Å². The number of carbonyl (C=O) groups is 4. The molecule has 3 N–H and O–H groups in total. The van der Waals surface area contributed by atoms with Crippen LogP contribution < -0.4 is 0 Å². The topological polar surface area (TPSA) is 237 Å². The first-order chi connectivity index (χ1) is 49.4. The molecule has 0 aliphatic heterocycles. The van der Waals surface area contributed by atoms with Gasteiger partial charge in [-0.2, -0.15) is 0 Å². The molecule has 0 saturated carbocycles. The van der Waals surface area contributed by atoms with Gasteiger partial charge < -0.3 is 33.8 Å². The number of unbranched alkanes of at least 4 members (excludes halogenated alkanes) is 50. The highest BCUT2D eigenvalue weighted by Crippen LogP contribution is 2.45. The van der Waals surface area contributed by atoms with E-state index in [1.807, 2.05) is 0 Å². The first-order valence-corrected chi connectivity index (χ1v) is 46.1. The molecule has 0 aliphatic carbocycles. The van der Waals surface area contributed by atoms with Crippen molar-refractivity contribution in [2.24, 2.45) is 11.8 Å². The van der Waals surface area contributed by atoms with E-state index >= 15 is 0 Å². The summed E-state index contributed by atoms with van der Waals surface area (Å²) in [5.41, 5.74) is 0. The minimum atomic E-state index is -4.96. The van der Waals surface area contributed by atoms with Crippen LogP contribution >= 0.6 is 15.6 Å². The number of carbonyl (C=O) groups excluding carboxylic acids is 4. The molecule has 0 aliphatic rings. The molecule has 0 aromatic carbocycles. The Morgan fingerprint density at radius 3 is 0.696 bits per heavy atom. The first-order valence-electron chi connectivity index (χ1n) is 43.1. The molecule has 0 bridgehead atoms.